The van der Waals surface area contributed by atoms with Crippen molar-refractivity contribution in [2.45, 2.75) is 48.5 Å². The van der Waals surface area contributed by atoms with Crippen LogP contribution >= 0.6 is 0 Å². The summed E-state index contributed by atoms with van der Waals surface area (Å²) < 4.78 is 22.1. The van der Waals surface area contributed by atoms with E-state index in [2.05, 4.69) is 62.9 Å². The van der Waals surface area contributed by atoms with E-state index in [4.69, 9.17) is 18.9 Å². The van der Waals surface area contributed by atoms with Gasteiger partial charge in [-0.05, 0) is 29.6 Å². The first-order chi connectivity index (χ1) is 13.3. The van der Waals surface area contributed by atoms with Crippen molar-refractivity contribution in [3.8, 4) is 5.75 Å². The quantitative estimate of drug-likeness (QED) is 0.372. The van der Waals surface area contributed by atoms with Gasteiger partial charge < -0.3 is 4.74 Å². The molecule has 0 heterocycles. The number of methoxy groups -OCH3 is 1. The molecule has 4 nitrogen and oxygen atoms in total. The molecule has 0 N–H and O–H groups in total. The van der Waals surface area contributed by atoms with Gasteiger partial charge in [0, 0.05) is 5.75 Å². The van der Waals surface area contributed by atoms with E-state index in [0.29, 0.717) is 18.0 Å². The van der Waals surface area contributed by atoms with Gasteiger partial charge in [0.2, 0.25) is 0 Å². The molecule has 0 bridgehead atoms. The molecule has 0 saturated heterocycles. The number of hydrogen-bond acceptors (Lipinski definition) is 3. The van der Waals surface area contributed by atoms with E-state index in [1.54, 1.807) is 7.11 Å². The third-order valence-corrected chi connectivity index (χ3v) is 4.54. The second kappa shape index (κ2) is 18.1. The van der Waals surface area contributed by atoms with Crippen LogP contribution in [0.25, 0.3) is 0 Å². The first-order valence-electron chi connectivity index (χ1n) is 8.97. The van der Waals surface area contributed by atoms with Crippen molar-refractivity contribution in [2.75, 3.05) is 20.3 Å². The van der Waals surface area contributed by atoms with Crippen LogP contribution < -0.4 is 4.74 Å². The monoisotopic (exact) mass is 428 g/mol. The van der Waals surface area contributed by atoms with E-state index in [0.717, 1.165) is 5.75 Å². The number of hydrogen-bond donors (Lipinski definition) is 0. The average molecular weight is 428 g/mol. The van der Waals surface area contributed by atoms with Gasteiger partial charge >= 0.3 is 68.2 Å². The number of ether oxygens (including phenoxy) is 3. The Morgan fingerprint density at radius 3 is 1.50 bits per heavy atom. The molecule has 28 heavy (non-hydrogen) atoms. The number of para-hydroxylation sites is 1. The molecule has 1 saturated carbocycles. The maximum atomic E-state index is 7.50. The molecule has 0 atom stereocenters. The summed E-state index contributed by atoms with van der Waals surface area (Å²) in [6.45, 7) is 20.5. The molecule has 1 fully saturated rings. The van der Waals surface area contributed by atoms with E-state index in [1.165, 1.54) is 29.6 Å². The predicted octanol–water partition coefficient (Wildman–Crippen LogP) is 5.12. The maximum absolute atomic E-state index is 7.50. The second-order valence-corrected chi connectivity index (χ2v) is 6.10. The number of rotatable bonds is 5. The van der Waals surface area contributed by atoms with Gasteiger partial charge in [0.25, 0.3) is 0 Å². The van der Waals surface area contributed by atoms with Gasteiger partial charge in [0.15, 0.2) is 0 Å². The summed E-state index contributed by atoms with van der Waals surface area (Å²) in [6, 6.07) is 10.4. The fourth-order valence-electron chi connectivity index (χ4n) is 2.17. The van der Waals surface area contributed by atoms with Gasteiger partial charge in [-0.1, -0.05) is 34.6 Å². The summed E-state index contributed by atoms with van der Waals surface area (Å²) in [5.74, 6) is 8.12. The molecule has 5 heteroatoms. The van der Waals surface area contributed by atoms with Crippen LogP contribution in [-0.4, -0.2) is 25.1 Å². The van der Waals surface area contributed by atoms with Gasteiger partial charge in [-0.3, -0.25) is 0 Å². The van der Waals surface area contributed by atoms with Crippen LogP contribution in [0.15, 0.2) is 24.3 Å². The summed E-state index contributed by atoms with van der Waals surface area (Å²) in [4.78, 5) is 0.412. The first-order valence-corrected chi connectivity index (χ1v) is 9.52. The van der Waals surface area contributed by atoms with Gasteiger partial charge in [-0.15, -0.1) is 12.1 Å². The molecule has 5 radical (unpaired) electrons. The Balaban J connectivity index is 0. The van der Waals surface area contributed by atoms with Gasteiger partial charge in [0.05, 0.1) is 7.11 Å². The van der Waals surface area contributed by atoms with Crippen LogP contribution in [0.2, 0.25) is 0 Å². The molecule has 1 aliphatic carbocycles. The molecule has 0 spiro atoms. The molecule has 1 aromatic rings. The normalized spacial score (nSPS) is 15.4. The molecule has 0 unspecified atom stereocenters. The summed E-state index contributed by atoms with van der Waals surface area (Å²) in [7, 11) is 1.63. The van der Waals surface area contributed by atoms with E-state index in [-0.39, 0.29) is 0 Å². The number of benzene rings is 1. The Bertz CT molecular complexity index is 465. The standard InChI is InChI=1S/C10H15.C7H7O.C5H10O2.CO.Fe/c1-6-7(2)9(4)10(5)8(6)3;1-8-7-5-3-2-4-6-7;1-3-6-5-7-4-2;1-2;/h1-5H3;2-5H,1H3;3-4H2,1-2H3;;/q;-1;;;+1. The van der Waals surface area contributed by atoms with E-state index in [1.807, 2.05) is 38.1 Å². The Kier molecular flexibility index (Phi) is 18.9. The van der Waals surface area contributed by atoms with Crippen LogP contribution in [-0.2, 0) is 29.7 Å². The fraction of sp³-hybridized carbons (Fsp3) is 0.435. The zero-order chi connectivity index (χ0) is 22.1. The minimum atomic E-state index is 0.412. The molecular formula is C23H32FeO4. The van der Waals surface area contributed by atoms with Crippen molar-refractivity contribution in [3.05, 3.63) is 66.6 Å². The molecule has 0 aliphatic heterocycles. The van der Waals surface area contributed by atoms with E-state index < -0.39 is 0 Å². The Labute approximate surface area is 180 Å². The molecule has 1 aliphatic rings. The zero-order valence-corrected chi connectivity index (χ0v) is 19.3. The molecule has 156 valence electrons. The second-order valence-electron chi connectivity index (χ2n) is 5.65. The van der Waals surface area contributed by atoms with Crippen LogP contribution in [0.5, 0.6) is 5.75 Å². The zero-order valence-electron chi connectivity index (χ0n) is 18.2. The Morgan fingerprint density at radius 2 is 1.29 bits per heavy atom. The van der Waals surface area contributed by atoms with Gasteiger partial charge in [-0.2, -0.15) is 18.2 Å². The molecule has 0 aromatic heterocycles. The van der Waals surface area contributed by atoms with E-state index in [9.17, 15) is 0 Å². The average Bonchev–Trinajstić information content (AvgIpc) is 2.89. The minimum absolute atomic E-state index is 0.412. The van der Waals surface area contributed by atoms with Gasteiger partial charge in [0.1, 0.15) is 0 Å². The van der Waals surface area contributed by atoms with Crippen molar-refractivity contribution < 1.29 is 34.4 Å². The SMILES string of the molecule is CCO[C](=[Fe+])OCC.COc1[c-]cccc1.C[C]1[C](C)[C](C)[C](C)[C]1C.[C-]#[O+]. The third-order valence-electron chi connectivity index (χ3n) is 4.22. The summed E-state index contributed by atoms with van der Waals surface area (Å²) in [5.41, 5.74) is 0. The topological polar surface area (TPSA) is 47.6 Å². The Hall–Kier alpha value is -0.931. The first kappa shape index (κ1) is 29.3. The molecule has 2 rings (SSSR count). The summed E-state index contributed by atoms with van der Waals surface area (Å²) >= 11 is 3.49. The van der Waals surface area contributed by atoms with Gasteiger partial charge in [-0.25, -0.2) is 0 Å². The van der Waals surface area contributed by atoms with Crippen LogP contribution in [0.4, 0.5) is 0 Å². The molecular weight excluding hydrogens is 396 g/mol. The Morgan fingerprint density at radius 1 is 0.893 bits per heavy atom. The van der Waals surface area contributed by atoms with Crippen molar-refractivity contribution in [2.24, 2.45) is 0 Å². The van der Waals surface area contributed by atoms with Crippen LogP contribution in [0.1, 0.15) is 48.5 Å². The van der Waals surface area contributed by atoms with Crippen molar-refractivity contribution in [1.82, 2.24) is 0 Å². The van der Waals surface area contributed by atoms with Crippen molar-refractivity contribution in [1.29, 1.82) is 0 Å². The van der Waals surface area contributed by atoms with Crippen molar-refractivity contribution >= 4 is 4.79 Å². The summed E-state index contributed by atoms with van der Waals surface area (Å²) in [5, 5.41) is 0. The summed E-state index contributed by atoms with van der Waals surface area (Å²) in [6.07, 6.45) is 0. The third kappa shape index (κ3) is 11.8. The van der Waals surface area contributed by atoms with Crippen molar-refractivity contribution in [3.63, 3.8) is 0 Å². The predicted molar refractivity (Wildman–Crippen MR) is 109 cm³/mol. The fourth-order valence-corrected chi connectivity index (χ4v) is 2.49. The van der Waals surface area contributed by atoms with Crippen LogP contribution in [0.3, 0.4) is 0 Å². The molecule has 0 amide bonds. The molecule has 1 aromatic carbocycles. The van der Waals surface area contributed by atoms with E-state index >= 15 is 0 Å². The van der Waals surface area contributed by atoms with Crippen LogP contribution in [0, 0.1) is 42.3 Å².